The van der Waals surface area contributed by atoms with Gasteiger partial charge in [-0.05, 0) is 33.3 Å². The van der Waals surface area contributed by atoms with Crippen LogP contribution in [0.15, 0.2) is 11.2 Å². The second-order valence-electron chi connectivity index (χ2n) is 6.03. The molecular weight excluding hydrogens is 348 g/mol. The Labute approximate surface area is 147 Å². The summed E-state index contributed by atoms with van der Waals surface area (Å²) in [5, 5.41) is 0.289. The molecule has 24 heavy (non-hydrogen) atoms. The molecule has 9 heteroatoms. The fraction of sp³-hybridized carbons (Fsp3) is 0.667. The van der Waals surface area contributed by atoms with Crippen molar-refractivity contribution in [2.45, 2.75) is 37.6 Å². The molecule has 0 aromatic carbocycles. The number of hydrogen-bond donors (Lipinski definition) is 0. The topological polar surface area (TPSA) is 83.5 Å². The lowest BCUT2D eigenvalue weighted by atomic mass is 10.3. The quantitative estimate of drug-likeness (QED) is 0.581. The van der Waals surface area contributed by atoms with E-state index in [0.717, 1.165) is 11.4 Å². The highest BCUT2D eigenvalue weighted by Crippen LogP contribution is 2.22. The largest absolute Gasteiger partial charge is 0.340 e. The molecule has 0 radical (unpaired) electrons. The molecule has 1 aliphatic rings. The van der Waals surface area contributed by atoms with Gasteiger partial charge in [0.15, 0.2) is 5.16 Å². The summed E-state index contributed by atoms with van der Waals surface area (Å²) in [5.74, 6) is -0.00175. The second-order valence-corrected chi connectivity index (χ2v) is 9.32. The molecule has 7 nitrogen and oxygen atoms in total. The Morgan fingerprint density at radius 1 is 1.17 bits per heavy atom. The fourth-order valence-corrected chi connectivity index (χ4v) is 4.49. The van der Waals surface area contributed by atoms with Crippen molar-refractivity contribution < 1.29 is 13.2 Å². The average molecular weight is 373 g/mol. The second kappa shape index (κ2) is 7.79. The molecule has 1 fully saturated rings. The van der Waals surface area contributed by atoms with Gasteiger partial charge >= 0.3 is 0 Å². The minimum Gasteiger partial charge on any atom is -0.340 e. The van der Waals surface area contributed by atoms with Crippen molar-refractivity contribution in [1.82, 2.24) is 19.2 Å². The third-order valence-corrected chi connectivity index (χ3v) is 6.08. The zero-order chi connectivity index (χ0) is 17.9. The lowest BCUT2D eigenvalue weighted by Crippen LogP contribution is -2.40. The van der Waals surface area contributed by atoms with Crippen LogP contribution in [0.5, 0.6) is 0 Å². The molecule has 0 aliphatic carbocycles. The van der Waals surface area contributed by atoms with Crippen molar-refractivity contribution in [2.24, 2.45) is 0 Å². The van der Waals surface area contributed by atoms with E-state index in [1.54, 1.807) is 4.90 Å². The van der Waals surface area contributed by atoms with Gasteiger partial charge in [0.05, 0.1) is 11.5 Å². The zero-order valence-corrected chi connectivity index (χ0v) is 16.2. The van der Waals surface area contributed by atoms with Crippen molar-refractivity contribution in [1.29, 1.82) is 0 Å². The van der Waals surface area contributed by atoms with E-state index < -0.39 is 10.0 Å². The first kappa shape index (κ1) is 19.1. The number of carbonyl (C=O) groups is 1. The summed E-state index contributed by atoms with van der Waals surface area (Å²) in [4.78, 5) is 23.1. The molecule has 0 bridgehead atoms. The van der Waals surface area contributed by atoms with Gasteiger partial charge in [-0.2, -0.15) is 0 Å². The van der Waals surface area contributed by atoms with Gasteiger partial charge in [-0.15, -0.1) is 0 Å². The van der Waals surface area contributed by atoms with Gasteiger partial charge in [-0.25, -0.2) is 22.7 Å². The molecule has 1 saturated heterocycles. The van der Waals surface area contributed by atoms with Crippen LogP contribution in [0.1, 0.15) is 24.7 Å². The summed E-state index contributed by atoms with van der Waals surface area (Å²) in [6.07, 6.45) is 1.86. The van der Waals surface area contributed by atoms with Crippen molar-refractivity contribution >= 4 is 27.7 Å². The van der Waals surface area contributed by atoms with Crippen molar-refractivity contribution in [3.63, 3.8) is 0 Å². The normalized spacial score (nSPS) is 18.2. The molecule has 1 aromatic heterocycles. The highest BCUT2D eigenvalue weighted by Gasteiger charge is 2.27. The molecule has 0 saturated carbocycles. The number of carbonyl (C=O) groups excluding carboxylic acids is 1. The Kier molecular flexibility index (Phi) is 6.22. The summed E-state index contributed by atoms with van der Waals surface area (Å²) >= 11 is 1.34. The van der Waals surface area contributed by atoms with Crippen molar-refractivity contribution in [3.8, 4) is 0 Å². The summed E-state index contributed by atoms with van der Waals surface area (Å²) in [6.45, 7) is 7.45. The first-order chi connectivity index (χ1) is 11.2. The minimum absolute atomic E-state index is 0.00175. The Morgan fingerprint density at radius 3 is 2.38 bits per heavy atom. The predicted molar refractivity (Wildman–Crippen MR) is 94.4 cm³/mol. The zero-order valence-electron chi connectivity index (χ0n) is 14.5. The van der Waals surface area contributed by atoms with E-state index in [0.29, 0.717) is 37.8 Å². The lowest BCUT2D eigenvalue weighted by Gasteiger charge is -2.23. The number of rotatable bonds is 4. The van der Waals surface area contributed by atoms with E-state index in [1.807, 2.05) is 26.8 Å². The van der Waals surface area contributed by atoms with Crippen LogP contribution in [0.3, 0.4) is 0 Å². The van der Waals surface area contributed by atoms with Crippen molar-refractivity contribution in [3.05, 3.63) is 17.5 Å². The van der Waals surface area contributed by atoms with Gasteiger partial charge in [0.25, 0.3) is 0 Å². The van der Waals surface area contributed by atoms with Gasteiger partial charge < -0.3 is 4.90 Å². The Bertz CT molecular complexity index is 688. The maximum Gasteiger partial charge on any atom is 0.235 e. The number of aryl methyl sites for hydroxylation is 2. The molecule has 0 unspecified atom stereocenters. The first-order valence-electron chi connectivity index (χ1n) is 7.89. The Morgan fingerprint density at radius 2 is 1.79 bits per heavy atom. The summed E-state index contributed by atoms with van der Waals surface area (Å²) in [6, 6.07) is 1.89. The number of nitrogens with zero attached hydrogens (tertiary/aromatic N) is 4. The monoisotopic (exact) mass is 372 g/mol. The Balaban J connectivity index is 2.00. The van der Waals surface area contributed by atoms with E-state index in [2.05, 4.69) is 9.97 Å². The van der Waals surface area contributed by atoms with Crippen LogP contribution in [0, 0.1) is 13.8 Å². The van der Waals surface area contributed by atoms with E-state index in [-0.39, 0.29) is 11.2 Å². The molecule has 1 amide bonds. The van der Waals surface area contributed by atoms with Crippen LogP contribution in [-0.4, -0.2) is 71.2 Å². The lowest BCUT2D eigenvalue weighted by molar-refractivity contribution is -0.130. The van der Waals surface area contributed by atoms with Gasteiger partial charge in [-0.1, -0.05) is 11.8 Å². The van der Waals surface area contributed by atoms with Gasteiger partial charge in [0.2, 0.25) is 15.9 Å². The minimum atomic E-state index is -3.21. The van der Waals surface area contributed by atoms with Crippen LogP contribution < -0.4 is 0 Å². The van der Waals surface area contributed by atoms with Crippen LogP contribution in [-0.2, 0) is 14.8 Å². The van der Waals surface area contributed by atoms with Gasteiger partial charge in [0.1, 0.15) is 0 Å². The summed E-state index contributed by atoms with van der Waals surface area (Å²) in [7, 11) is -3.21. The number of hydrogen-bond acceptors (Lipinski definition) is 6. The van der Waals surface area contributed by atoms with E-state index in [4.69, 9.17) is 0 Å². The molecule has 2 rings (SSSR count). The van der Waals surface area contributed by atoms with E-state index in [9.17, 15) is 13.2 Å². The van der Waals surface area contributed by atoms with Crippen LogP contribution in [0.2, 0.25) is 0 Å². The predicted octanol–water partition coefficient (Wildman–Crippen LogP) is 1.07. The molecule has 1 atom stereocenters. The molecule has 0 spiro atoms. The van der Waals surface area contributed by atoms with Gasteiger partial charge in [0, 0.05) is 37.6 Å². The van der Waals surface area contributed by atoms with E-state index >= 15 is 0 Å². The molecule has 1 aliphatic heterocycles. The molecule has 2 heterocycles. The smallest absolute Gasteiger partial charge is 0.235 e. The Hall–Kier alpha value is -1.19. The van der Waals surface area contributed by atoms with Crippen LogP contribution >= 0.6 is 11.8 Å². The first-order valence-corrected chi connectivity index (χ1v) is 10.6. The third kappa shape index (κ3) is 5.15. The molecule has 0 N–H and O–H groups in total. The maximum atomic E-state index is 12.7. The fourth-order valence-electron chi connectivity index (χ4n) is 2.66. The van der Waals surface area contributed by atoms with Crippen molar-refractivity contribution in [2.75, 3.05) is 32.4 Å². The summed E-state index contributed by atoms with van der Waals surface area (Å²) in [5.41, 5.74) is 1.76. The highest BCUT2D eigenvalue weighted by atomic mass is 32.2. The number of thioether (sulfide) groups is 1. The average Bonchev–Trinajstić information content (AvgIpc) is 2.70. The van der Waals surface area contributed by atoms with Crippen LogP contribution in [0.4, 0.5) is 0 Å². The highest BCUT2D eigenvalue weighted by molar-refractivity contribution is 8.00. The van der Waals surface area contributed by atoms with Crippen LogP contribution in [0.25, 0.3) is 0 Å². The summed E-state index contributed by atoms with van der Waals surface area (Å²) < 4.78 is 24.7. The number of aromatic nitrogens is 2. The third-order valence-electron chi connectivity index (χ3n) is 3.83. The standard InChI is InChI=1S/C15H24N4O3S2/c1-11-10-12(2)17-15(16-11)23-13(3)14(20)18-6-5-7-19(9-8-18)24(4,21)22/h10,13H,5-9H2,1-4H3/t13-/m1/s1. The maximum absolute atomic E-state index is 12.7. The molecule has 134 valence electrons. The van der Waals surface area contributed by atoms with Gasteiger partial charge in [-0.3, -0.25) is 4.79 Å². The number of amides is 1. The molecular formula is C15H24N4O3S2. The SMILES string of the molecule is Cc1cc(C)nc(S[C@H](C)C(=O)N2CCCN(S(C)(=O)=O)CC2)n1. The van der Waals surface area contributed by atoms with E-state index in [1.165, 1.54) is 22.3 Å². The molecule has 1 aromatic rings. The number of sulfonamides is 1.